The van der Waals surface area contributed by atoms with Crippen LogP contribution in [0.1, 0.15) is 23.2 Å². The van der Waals surface area contributed by atoms with Gasteiger partial charge in [-0.3, -0.25) is 4.79 Å². The summed E-state index contributed by atoms with van der Waals surface area (Å²) in [5.41, 5.74) is 0.538. The van der Waals surface area contributed by atoms with Crippen LogP contribution in [0, 0.1) is 5.92 Å². The van der Waals surface area contributed by atoms with Gasteiger partial charge in [-0.25, -0.2) is 0 Å². The number of carbonyl (C=O) groups is 1. The molecule has 1 aromatic rings. The first kappa shape index (κ1) is 19.1. The van der Waals surface area contributed by atoms with Crippen LogP contribution >= 0.6 is 0 Å². The van der Waals surface area contributed by atoms with Gasteiger partial charge in [0.1, 0.15) is 0 Å². The van der Waals surface area contributed by atoms with E-state index < -0.39 is 0 Å². The minimum Gasteiger partial charge on any atom is -0.493 e. The van der Waals surface area contributed by atoms with E-state index in [4.69, 9.17) is 18.9 Å². The maximum atomic E-state index is 12.8. The first-order chi connectivity index (χ1) is 12.1. The molecule has 6 heteroatoms. The van der Waals surface area contributed by atoms with E-state index in [2.05, 4.69) is 6.58 Å². The summed E-state index contributed by atoms with van der Waals surface area (Å²) in [6.45, 7) is 6.38. The topological polar surface area (TPSA) is 57.2 Å². The number of benzene rings is 1. The molecule has 25 heavy (non-hydrogen) atoms. The smallest absolute Gasteiger partial charge is 0.254 e. The van der Waals surface area contributed by atoms with Gasteiger partial charge in [0.25, 0.3) is 5.91 Å². The van der Waals surface area contributed by atoms with Crippen LogP contribution in [-0.4, -0.2) is 58.4 Å². The molecule has 0 unspecified atom stereocenters. The third-order valence-electron chi connectivity index (χ3n) is 4.40. The van der Waals surface area contributed by atoms with E-state index in [1.807, 2.05) is 4.90 Å². The number of rotatable bonds is 8. The second-order valence-electron chi connectivity index (χ2n) is 5.98. The Morgan fingerprint density at radius 1 is 1.16 bits per heavy atom. The highest BCUT2D eigenvalue weighted by Crippen LogP contribution is 2.38. The van der Waals surface area contributed by atoms with Crippen molar-refractivity contribution < 1.29 is 23.7 Å². The number of amides is 1. The van der Waals surface area contributed by atoms with Crippen LogP contribution in [-0.2, 0) is 4.74 Å². The molecule has 1 aromatic carbocycles. The second-order valence-corrected chi connectivity index (χ2v) is 5.98. The lowest BCUT2D eigenvalue weighted by atomic mass is 9.97. The number of piperidine rings is 1. The molecule has 0 aromatic heterocycles. The average molecular weight is 349 g/mol. The molecular weight excluding hydrogens is 322 g/mol. The lowest BCUT2D eigenvalue weighted by molar-refractivity contribution is 0.0575. The average Bonchev–Trinajstić information content (AvgIpc) is 2.66. The summed E-state index contributed by atoms with van der Waals surface area (Å²) in [6, 6.07) is 3.39. The Hall–Kier alpha value is -2.21. The van der Waals surface area contributed by atoms with Crippen molar-refractivity contribution in [3.05, 3.63) is 30.4 Å². The van der Waals surface area contributed by atoms with Crippen LogP contribution in [0.2, 0.25) is 0 Å². The Bertz CT molecular complexity index is 568. The van der Waals surface area contributed by atoms with Gasteiger partial charge in [0.05, 0.1) is 27.9 Å². The van der Waals surface area contributed by atoms with Crippen LogP contribution < -0.4 is 14.2 Å². The lowest BCUT2D eigenvalue weighted by Gasteiger charge is -2.32. The SMILES string of the molecule is C=CCOCC1CCN(C(=O)c2cc(OC)c(OC)c(OC)c2)CC1. The fourth-order valence-corrected chi connectivity index (χ4v) is 3.01. The van der Waals surface area contributed by atoms with Gasteiger partial charge in [-0.15, -0.1) is 6.58 Å². The lowest BCUT2D eigenvalue weighted by Crippen LogP contribution is -2.39. The maximum Gasteiger partial charge on any atom is 0.254 e. The van der Waals surface area contributed by atoms with Crippen LogP contribution in [0.15, 0.2) is 24.8 Å². The van der Waals surface area contributed by atoms with Crippen LogP contribution in [0.3, 0.4) is 0 Å². The van der Waals surface area contributed by atoms with Crippen molar-refractivity contribution >= 4 is 5.91 Å². The third kappa shape index (κ3) is 4.66. The van der Waals surface area contributed by atoms with E-state index in [0.717, 1.165) is 32.5 Å². The molecule has 1 saturated heterocycles. The van der Waals surface area contributed by atoms with Crippen molar-refractivity contribution in [2.24, 2.45) is 5.92 Å². The van der Waals surface area contributed by atoms with Crippen molar-refractivity contribution in [3.63, 3.8) is 0 Å². The predicted octanol–water partition coefficient (Wildman–Crippen LogP) is 2.77. The molecule has 0 spiro atoms. The van der Waals surface area contributed by atoms with Crippen LogP contribution in [0.4, 0.5) is 0 Å². The fourth-order valence-electron chi connectivity index (χ4n) is 3.01. The molecule has 0 saturated carbocycles. The molecule has 1 heterocycles. The second kappa shape index (κ2) is 9.32. The quantitative estimate of drug-likeness (QED) is 0.533. The van der Waals surface area contributed by atoms with E-state index in [1.165, 1.54) is 0 Å². The molecule has 1 fully saturated rings. The molecule has 1 amide bonds. The zero-order valence-electron chi connectivity index (χ0n) is 15.2. The normalized spacial score (nSPS) is 14.9. The molecular formula is C19H27NO5. The van der Waals surface area contributed by atoms with Gasteiger partial charge in [-0.1, -0.05) is 6.08 Å². The summed E-state index contributed by atoms with van der Waals surface area (Å²) in [5, 5.41) is 0. The molecule has 6 nitrogen and oxygen atoms in total. The summed E-state index contributed by atoms with van der Waals surface area (Å²) in [4.78, 5) is 14.7. The monoisotopic (exact) mass is 349 g/mol. The molecule has 1 aliphatic heterocycles. The van der Waals surface area contributed by atoms with E-state index in [0.29, 0.717) is 35.3 Å². The Labute approximate surface area is 149 Å². The summed E-state index contributed by atoms with van der Waals surface area (Å²) in [7, 11) is 4.63. The molecule has 1 aliphatic rings. The standard InChI is InChI=1S/C19H27NO5/c1-5-10-25-13-14-6-8-20(9-7-14)19(21)15-11-16(22-2)18(24-4)17(12-15)23-3/h5,11-12,14H,1,6-10,13H2,2-4H3. The van der Waals surface area contributed by atoms with Gasteiger partial charge >= 0.3 is 0 Å². The minimum absolute atomic E-state index is 0.0234. The largest absolute Gasteiger partial charge is 0.493 e. The molecule has 0 radical (unpaired) electrons. The highest BCUT2D eigenvalue weighted by molar-refractivity contribution is 5.95. The van der Waals surface area contributed by atoms with Gasteiger partial charge < -0.3 is 23.8 Å². The van der Waals surface area contributed by atoms with Gasteiger partial charge in [0.2, 0.25) is 5.75 Å². The van der Waals surface area contributed by atoms with Crippen molar-refractivity contribution in [3.8, 4) is 17.2 Å². The number of hydrogen-bond donors (Lipinski definition) is 0. The summed E-state index contributed by atoms with van der Waals surface area (Å²) >= 11 is 0. The molecule has 138 valence electrons. The van der Waals surface area contributed by atoms with E-state index >= 15 is 0 Å². The predicted molar refractivity (Wildman–Crippen MR) is 95.7 cm³/mol. The number of carbonyl (C=O) groups excluding carboxylic acids is 1. The van der Waals surface area contributed by atoms with E-state index in [-0.39, 0.29) is 5.91 Å². The van der Waals surface area contributed by atoms with Crippen LogP contribution in [0.25, 0.3) is 0 Å². The molecule has 0 atom stereocenters. The molecule has 0 aliphatic carbocycles. The highest BCUT2D eigenvalue weighted by Gasteiger charge is 2.25. The Balaban J connectivity index is 2.05. The Kier molecular flexibility index (Phi) is 7.13. The Morgan fingerprint density at radius 3 is 2.24 bits per heavy atom. The highest BCUT2D eigenvalue weighted by atomic mass is 16.5. The number of nitrogens with zero attached hydrogens (tertiary/aromatic N) is 1. The zero-order chi connectivity index (χ0) is 18.2. The minimum atomic E-state index is -0.0234. The summed E-state index contributed by atoms with van der Waals surface area (Å²) < 4.78 is 21.5. The van der Waals surface area contributed by atoms with Crippen molar-refractivity contribution in [1.29, 1.82) is 0 Å². The van der Waals surface area contributed by atoms with Gasteiger partial charge in [0.15, 0.2) is 11.5 Å². The summed E-state index contributed by atoms with van der Waals surface area (Å²) in [5.74, 6) is 1.92. The molecule has 0 bridgehead atoms. The van der Waals surface area contributed by atoms with Crippen LogP contribution in [0.5, 0.6) is 17.2 Å². The Morgan fingerprint density at radius 2 is 1.76 bits per heavy atom. The molecule has 0 N–H and O–H groups in total. The fraction of sp³-hybridized carbons (Fsp3) is 0.526. The number of likely N-dealkylation sites (tertiary alicyclic amines) is 1. The first-order valence-electron chi connectivity index (χ1n) is 8.42. The van der Waals surface area contributed by atoms with E-state index in [9.17, 15) is 4.79 Å². The van der Waals surface area contributed by atoms with Gasteiger partial charge in [0, 0.05) is 25.3 Å². The number of hydrogen-bond acceptors (Lipinski definition) is 5. The van der Waals surface area contributed by atoms with Crippen molar-refractivity contribution in [1.82, 2.24) is 4.90 Å². The number of ether oxygens (including phenoxy) is 4. The summed E-state index contributed by atoms with van der Waals surface area (Å²) in [6.07, 6.45) is 3.63. The van der Waals surface area contributed by atoms with Crippen molar-refractivity contribution in [2.45, 2.75) is 12.8 Å². The van der Waals surface area contributed by atoms with E-state index in [1.54, 1.807) is 39.5 Å². The van der Waals surface area contributed by atoms with Crippen molar-refractivity contribution in [2.75, 3.05) is 47.6 Å². The first-order valence-corrected chi connectivity index (χ1v) is 8.42. The molecule has 2 rings (SSSR count). The third-order valence-corrected chi connectivity index (χ3v) is 4.40. The maximum absolute atomic E-state index is 12.8. The zero-order valence-corrected chi connectivity index (χ0v) is 15.2. The van der Waals surface area contributed by atoms with Gasteiger partial charge in [-0.05, 0) is 30.9 Å². The van der Waals surface area contributed by atoms with Gasteiger partial charge in [-0.2, -0.15) is 0 Å². The number of methoxy groups -OCH3 is 3.